The fourth-order valence-corrected chi connectivity index (χ4v) is 2.10. The minimum Gasteiger partial charge on any atom is -0.488 e. The van der Waals surface area contributed by atoms with Gasteiger partial charge >= 0.3 is 5.97 Å². The quantitative estimate of drug-likeness (QED) is 0.790. The van der Waals surface area contributed by atoms with Crippen LogP contribution in [0.3, 0.4) is 0 Å². The molecule has 128 valence electrons. The van der Waals surface area contributed by atoms with E-state index < -0.39 is 5.97 Å². The Morgan fingerprint density at radius 2 is 2.04 bits per heavy atom. The maximum absolute atomic E-state index is 12.0. The number of rotatable bonds is 7. The van der Waals surface area contributed by atoms with Crippen LogP contribution >= 0.6 is 0 Å². The average molecular weight is 329 g/mol. The topological polar surface area (TPSA) is 68.4 Å². The Morgan fingerprint density at radius 3 is 2.71 bits per heavy atom. The summed E-state index contributed by atoms with van der Waals surface area (Å²) in [5, 5.41) is 0. The van der Waals surface area contributed by atoms with Gasteiger partial charge in [0.05, 0.1) is 17.9 Å². The summed E-state index contributed by atoms with van der Waals surface area (Å²) in [6, 6.07) is 8.57. The predicted molar refractivity (Wildman–Crippen MR) is 92.3 cm³/mol. The van der Waals surface area contributed by atoms with E-state index in [9.17, 15) is 9.59 Å². The largest absolute Gasteiger partial charge is 0.488 e. The van der Waals surface area contributed by atoms with Gasteiger partial charge in [0.1, 0.15) is 6.61 Å². The van der Waals surface area contributed by atoms with Crippen LogP contribution in [0.25, 0.3) is 0 Å². The highest BCUT2D eigenvalue weighted by Crippen LogP contribution is 2.09. The normalized spacial score (nSPS) is 10.7. The van der Waals surface area contributed by atoms with Gasteiger partial charge in [-0.05, 0) is 31.4 Å². The molecule has 0 saturated carbocycles. The number of nitrogens with one attached hydrogen (secondary N) is 1. The Hall–Kier alpha value is -2.56. The zero-order valence-corrected chi connectivity index (χ0v) is 14.3. The Balaban J connectivity index is 1.92. The zero-order valence-electron chi connectivity index (χ0n) is 14.3. The molecule has 24 heavy (non-hydrogen) atoms. The molecule has 0 aliphatic heterocycles. The van der Waals surface area contributed by atoms with E-state index in [1.807, 2.05) is 13.0 Å². The Bertz CT molecular complexity index is 749. The first kappa shape index (κ1) is 17.8. The molecule has 0 radical (unpaired) electrons. The molecule has 5 nitrogen and oxygen atoms in total. The number of carbonyl (C=O) groups is 1. The number of aromatic nitrogens is 1. The highest BCUT2D eigenvalue weighted by atomic mass is 16.5. The molecule has 0 atom stereocenters. The molecule has 0 bridgehead atoms. The Kier molecular flexibility index (Phi) is 6.18. The lowest BCUT2D eigenvalue weighted by molar-refractivity contribution is 0.0467. The molecule has 1 aromatic heterocycles. The van der Waals surface area contributed by atoms with Crippen molar-refractivity contribution in [3.63, 3.8) is 0 Å². The molecule has 0 aliphatic rings. The van der Waals surface area contributed by atoms with Crippen LogP contribution in [0, 0.1) is 12.8 Å². The standard InChI is InChI=1S/C19H23NO4/c1-13(2)7-8-23-18-11-20-16(10-17(18)21)12-24-19(22)15-6-4-5-14(3)9-15/h4-6,9-11,13H,7-8,12H2,1-3H3,(H,20,21). The number of hydrogen-bond acceptors (Lipinski definition) is 4. The number of H-pyrrole nitrogens is 1. The number of carbonyl (C=O) groups excluding carboxylic acids is 1. The summed E-state index contributed by atoms with van der Waals surface area (Å²) in [6.45, 7) is 6.61. The van der Waals surface area contributed by atoms with Gasteiger partial charge in [-0.15, -0.1) is 0 Å². The Labute approximate surface area is 141 Å². The highest BCUT2D eigenvalue weighted by molar-refractivity contribution is 5.89. The molecule has 0 fully saturated rings. The van der Waals surface area contributed by atoms with Gasteiger partial charge in [0.15, 0.2) is 5.75 Å². The second kappa shape index (κ2) is 8.34. The van der Waals surface area contributed by atoms with Gasteiger partial charge in [0.25, 0.3) is 0 Å². The lowest BCUT2D eigenvalue weighted by Gasteiger charge is -2.09. The van der Waals surface area contributed by atoms with Crippen molar-refractivity contribution < 1.29 is 14.3 Å². The van der Waals surface area contributed by atoms with Gasteiger partial charge in [0, 0.05) is 12.3 Å². The first-order valence-corrected chi connectivity index (χ1v) is 8.04. The maximum Gasteiger partial charge on any atom is 0.338 e. The first-order valence-electron chi connectivity index (χ1n) is 8.04. The van der Waals surface area contributed by atoms with Crippen LogP contribution < -0.4 is 10.2 Å². The third kappa shape index (κ3) is 5.26. The third-order valence-corrected chi connectivity index (χ3v) is 3.50. The van der Waals surface area contributed by atoms with Crippen LogP contribution in [-0.4, -0.2) is 17.6 Å². The van der Waals surface area contributed by atoms with E-state index in [1.54, 1.807) is 18.2 Å². The Morgan fingerprint density at radius 1 is 1.25 bits per heavy atom. The van der Waals surface area contributed by atoms with Gasteiger partial charge in [0.2, 0.25) is 5.43 Å². The fourth-order valence-electron chi connectivity index (χ4n) is 2.10. The second-order valence-corrected chi connectivity index (χ2v) is 6.16. The van der Waals surface area contributed by atoms with Crippen molar-refractivity contribution in [2.75, 3.05) is 6.61 Å². The van der Waals surface area contributed by atoms with Crippen molar-refractivity contribution >= 4 is 5.97 Å². The van der Waals surface area contributed by atoms with Crippen LogP contribution in [0.2, 0.25) is 0 Å². The molecule has 0 aliphatic carbocycles. The summed E-state index contributed by atoms with van der Waals surface area (Å²) in [5.74, 6) is 0.380. The lowest BCUT2D eigenvalue weighted by atomic mass is 10.1. The van der Waals surface area contributed by atoms with Crippen LogP contribution in [-0.2, 0) is 11.3 Å². The average Bonchev–Trinajstić information content (AvgIpc) is 2.54. The molecular formula is C19H23NO4. The van der Waals surface area contributed by atoms with E-state index in [1.165, 1.54) is 12.3 Å². The van der Waals surface area contributed by atoms with Crippen molar-refractivity contribution in [2.45, 2.75) is 33.8 Å². The summed E-state index contributed by atoms with van der Waals surface area (Å²) in [6.07, 6.45) is 2.40. The lowest BCUT2D eigenvalue weighted by Crippen LogP contribution is -2.13. The van der Waals surface area contributed by atoms with Gasteiger partial charge in [-0.25, -0.2) is 4.79 Å². The summed E-state index contributed by atoms with van der Waals surface area (Å²) in [4.78, 5) is 26.9. The molecule has 1 heterocycles. The summed E-state index contributed by atoms with van der Waals surface area (Å²) >= 11 is 0. The number of benzene rings is 1. The summed E-state index contributed by atoms with van der Waals surface area (Å²) in [5.41, 5.74) is 1.78. The monoisotopic (exact) mass is 329 g/mol. The third-order valence-electron chi connectivity index (χ3n) is 3.50. The van der Waals surface area contributed by atoms with Gasteiger partial charge in [-0.3, -0.25) is 4.79 Å². The van der Waals surface area contributed by atoms with Gasteiger partial charge in [-0.2, -0.15) is 0 Å². The summed E-state index contributed by atoms with van der Waals surface area (Å²) < 4.78 is 10.7. The number of esters is 1. The first-order chi connectivity index (χ1) is 11.5. The minimum atomic E-state index is -0.420. The van der Waals surface area contributed by atoms with E-state index in [-0.39, 0.29) is 17.8 Å². The van der Waals surface area contributed by atoms with Crippen molar-refractivity contribution in [3.8, 4) is 5.75 Å². The second-order valence-electron chi connectivity index (χ2n) is 6.16. The number of ether oxygens (including phenoxy) is 2. The van der Waals surface area contributed by atoms with Crippen LogP contribution in [0.1, 0.15) is 41.9 Å². The number of aromatic amines is 1. The van der Waals surface area contributed by atoms with Crippen LogP contribution in [0.5, 0.6) is 5.75 Å². The van der Waals surface area contributed by atoms with Crippen molar-refractivity contribution in [3.05, 3.63) is 63.6 Å². The molecule has 0 saturated heterocycles. The molecule has 0 amide bonds. The minimum absolute atomic E-state index is 0.00822. The number of aryl methyl sites for hydroxylation is 1. The van der Waals surface area contributed by atoms with E-state index >= 15 is 0 Å². The number of hydrogen-bond donors (Lipinski definition) is 1. The number of pyridine rings is 1. The van der Waals surface area contributed by atoms with Gasteiger partial charge < -0.3 is 14.5 Å². The molecular weight excluding hydrogens is 306 g/mol. The maximum atomic E-state index is 12.0. The van der Waals surface area contributed by atoms with E-state index in [0.29, 0.717) is 23.8 Å². The molecule has 1 N–H and O–H groups in total. The zero-order chi connectivity index (χ0) is 17.5. The molecule has 2 aromatic rings. The highest BCUT2D eigenvalue weighted by Gasteiger charge is 2.09. The summed E-state index contributed by atoms with van der Waals surface area (Å²) in [7, 11) is 0. The SMILES string of the molecule is Cc1cccc(C(=O)OCc2cc(=O)c(OCCC(C)C)c[nH]2)c1. The molecule has 5 heteroatoms. The van der Waals surface area contributed by atoms with E-state index in [2.05, 4.69) is 18.8 Å². The molecule has 2 rings (SSSR count). The fraction of sp³-hybridized carbons (Fsp3) is 0.368. The van der Waals surface area contributed by atoms with Crippen molar-refractivity contribution in [2.24, 2.45) is 5.92 Å². The predicted octanol–water partition coefficient (Wildman–Crippen LogP) is 3.47. The molecule has 0 spiro atoms. The van der Waals surface area contributed by atoms with Crippen LogP contribution in [0.4, 0.5) is 0 Å². The van der Waals surface area contributed by atoms with Crippen molar-refractivity contribution in [1.29, 1.82) is 0 Å². The van der Waals surface area contributed by atoms with E-state index in [4.69, 9.17) is 9.47 Å². The molecule has 1 aromatic carbocycles. The van der Waals surface area contributed by atoms with E-state index in [0.717, 1.165) is 12.0 Å². The van der Waals surface area contributed by atoms with Crippen molar-refractivity contribution in [1.82, 2.24) is 4.98 Å². The smallest absolute Gasteiger partial charge is 0.338 e. The van der Waals surface area contributed by atoms with Crippen LogP contribution in [0.15, 0.2) is 41.3 Å². The van der Waals surface area contributed by atoms with Gasteiger partial charge in [-0.1, -0.05) is 31.5 Å². The molecule has 0 unspecified atom stereocenters.